The number of nitrogens with one attached hydrogen (secondary N) is 1. The maximum absolute atomic E-state index is 14.0. The lowest BCUT2D eigenvalue weighted by Crippen LogP contribution is -2.53. The maximum Gasteiger partial charge on any atom is 0.262 e. The topological polar surface area (TPSA) is 149 Å². The number of likely N-dealkylation sites (tertiary alicyclic amines) is 1. The third-order valence-electron chi connectivity index (χ3n) is 13.3. The molecule has 4 fully saturated rings. The fourth-order valence-corrected chi connectivity index (χ4v) is 10.9. The van der Waals surface area contributed by atoms with E-state index in [0.717, 1.165) is 107 Å². The van der Waals surface area contributed by atoms with Gasteiger partial charge in [0.25, 0.3) is 11.8 Å². The molecule has 61 heavy (non-hydrogen) atoms. The molecule has 1 N–H and O–H groups in total. The van der Waals surface area contributed by atoms with Crippen molar-refractivity contribution in [2.75, 3.05) is 94.4 Å². The Bertz CT molecular complexity index is 2230. The van der Waals surface area contributed by atoms with Crippen LogP contribution >= 0.6 is 0 Å². The minimum Gasteiger partial charge on any atom is -0.493 e. The van der Waals surface area contributed by atoms with Crippen LogP contribution in [0.2, 0.25) is 0 Å². The summed E-state index contributed by atoms with van der Waals surface area (Å²) in [6.45, 7) is 11.1. The number of amides is 4. The Morgan fingerprint density at radius 1 is 0.738 bits per heavy atom. The summed E-state index contributed by atoms with van der Waals surface area (Å²) in [4.78, 5) is 62.8. The number of piperazine rings is 1. The molecule has 8 rings (SSSR count). The number of carbonyl (C=O) groups excluding carboxylic acids is 4. The van der Waals surface area contributed by atoms with Crippen LogP contribution in [0.5, 0.6) is 11.5 Å². The Balaban J connectivity index is 0.811. The number of benzene rings is 3. The molecule has 5 aliphatic heterocycles. The summed E-state index contributed by atoms with van der Waals surface area (Å²) in [5.74, 6) is -0.495. The van der Waals surface area contributed by atoms with Crippen molar-refractivity contribution in [1.29, 1.82) is 0 Å². The van der Waals surface area contributed by atoms with Gasteiger partial charge in [0.05, 0.1) is 42.6 Å². The van der Waals surface area contributed by atoms with E-state index in [9.17, 15) is 27.6 Å². The number of fused-ring (bicyclic) bond motifs is 1. The Kier molecular flexibility index (Phi) is 12.7. The lowest BCUT2D eigenvalue weighted by molar-refractivity contribution is -0.134. The van der Waals surface area contributed by atoms with Crippen LogP contribution < -0.4 is 24.6 Å². The molecule has 3 aromatic carbocycles. The second-order valence-corrected chi connectivity index (χ2v) is 19.4. The quantitative estimate of drug-likeness (QED) is 0.242. The van der Waals surface area contributed by atoms with E-state index >= 15 is 0 Å². The summed E-state index contributed by atoms with van der Waals surface area (Å²) in [6.07, 6.45) is 6.69. The minimum absolute atomic E-state index is 0.185. The number of sulfone groups is 1. The van der Waals surface area contributed by atoms with Crippen molar-refractivity contribution in [2.24, 2.45) is 5.92 Å². The van der Waals surface area contributed by atoms with E-state index in [2.05, 4.69) is 37.0 Å². The highest BCUT2D eigenvalue weighted by molar-refractivity contribution is 7.90. The fraction of sp³-hybridized carbons (Fsp3) is 0.522. The lowest BCUT2D eigenvalue weighted by atomic mass is 9.90. The molecular weight excluding hydrogens is 797 g/mol. The number of imide groups is 2. The molecule has 4 amide bonds. The number of carbonyl (C=O) groups is 4. The van der Waals surface area contributed by atoms with Crippen LogP contribution in [-0.4, -0.2) is 137 Å². The van der Waals surface area contributed by atoms with E-state index in [1.807, 2.05) is 25.1 Å². The van der Waals surface area contributed by atoms with Crippen LogP contribution in [0.4, 0.5) is 11.4 Å². The fourth-order valence-electron chi connectivity index (χ4n) is 9.98. The van der Waals surface area contributed by atoms with Crippen LogP contribution in [0.15, 0.2) is 60.7 Å². The predicted molar refractivity (Wildman–Crippen MR) is 233 cm³/mol. The largest absolute Gasteiger partial charge is 0.493 e. The van der Waals surface area contributed by atoms with Crippen LogP contribution in [-0.2, 0) is 19.4 Å². The second kappa shape index (κ2) is 18.2. The molecule has 3 aromatic rings. The highest BCUT2D eigenvalue weighted by Crippen LogP contribution is 2.38. The summed E-state index contributed by atoms with van der Waals surface area (Å²) >= 11 is 0. The third-order valence-corrected chi connectivity index (χ3v) is 14.3. The molecular formula is C46H58N6O8S. The van der Waals surface area contributed by atoms with Crippen molar-refractivity contribution in [3.63, 3.8) is 0 Å². The molecule has 1 unspecified atom stereocenters. The highest BCUT2D eigenvalue weighted by Gasteiger charge is 2.43. The van der Waals surface area contributed by atoms with Gasteiger partial charge in [0.2, 0.25) is 11.8 Å². The van der Waals surface area contributed by atoms with Gasteiger partial charge in [-0.3, -0.25) is 34.3 Å². The molecule has 0 aromatic heterocycles. The summed E-state index contributed by atoms with van der Waals surface area (Å²) < 4.78 is 36.5. The normalized spacial score (nSPS) is 21.8. The zero-order valence-electron chi connectivity index (χ0n) is 35.5. The first-order valence-corrected chi connectivity index (χ1v) is 23.9. The maximum atomic E-state index is 14.0. The van der Waals surface area contributed by atoms with Gasteiger partial charge in [0, 0.05) is 75.9 Å². The van der Waals surface area contributed by atoms with Gasteiger partial charge in [-0.1, -0.05) is 18.2 Å². The van der Waals surface area contributed by atoms with E-state index < -0.39 is 33.4 Å². The van der Waals surface area contributed by atoms with E-state index in [1.54, 1.807) is 30.3 Å². The predicted octanol–water partition coefficient (Wildman–Crippen LogP) is 4.50. The first kappa shape index (κ1) is 42.7. The van der Waals surface area contributed by atoms with Gasteiger partial charge in [-0.05, 0) is 112 Å². The smallest absolute Gasteiger partial charge is 0.262 e. The summed E-state index contributed by atoms with van der Waals surface area (Å²) in [6, 6.07) is 18.2. The number of ether oxygens (including phenoxy) is 2. The molecule has 15 heteroatoms. The number of hydrogen-bond acceptors (Lipinski definition) is 12. The Morgan fingerprint density at radius 2 is 1.41 bits per heavy atom. The number of piperidine rings is 3. The Labute approximate surface area is 359 Å². The highest BCUT2D eigenvalue weighted by atomic mass is 32.2. The molecule has 0 bridgehead atoms. The molecule has 2 atom stereocenters. The van der Waals surface area contributed by atoms with Gasteiger partial charge >= 0.3 is 0 Å². The van der Waals surface area contributed by atoms with Crippen molar-refractivity contribution >= 4 is 44.8 Å². The molecule has 4 saturated heterocycles. The Morgan fingerprint density at radius 3 is 2.07 bits per heavy atom. The minimum atomic E-state index is -3.60. The van der Waals surface area contributed by atoms with Crippen molar-refractivity contribution < 1.29 is 37.1 Å². The number of methoxy groups -OCH3 is 1. The van der Waals surface area contributed by atoms with Gasteiger partial charge in [0.1, 0.15) is 9.84 Å². The monoisotopic (exact) mass is 854 g/mol. The molecule has 0 aliphatic carbocycles. The van der Waals surface area contributed by atoms with Crippen LogP contribution in [0.1, 0.15) is 89.3 Å². The number of nitrogens with zero attached hydrogens (tertiary/aromatic N) is 5. The molecule has 5 aliphatic rings. The number of rotatable bonds is 13. The number of hydrogen-bond donors (Lipinski definition) is 1. The molecule has 5 heterocycles. The standard InChI is InChI=1S/C46H58N6O8S/c1-4-60-42-27-33(7-13-41(42)59-2)40(30-61(3,57)58)52-45(55)38-11-10-36(28-39(38)46(52)56)51-25-23-50(24-26-51)35-17-19-48(20-18-35)29-31-15-21-49(22-16-31)34-8-5-32(6-9-34)37-12-14-43(53)47-44(37)54/h5-11,13,27-28,31,35,37,40H,4,12,14-26,29-30H2,1-3H3,(H,47,53,54)/t37?,40-/m1/s1. The zero-order valence-corrected chi connectivity index (χ0v) is 36.3. The summed E-state index contributed by atoms with van der Waals surface area (Å²) in [7, 11) is -2.08. The molecule has 0 radical (unpaired) electrons. The lowest BCUT2D eigenvalue weighted by Gasteiger charge is -2.44. The van der Waals surface area contributed by atoms with Crippen molar-refractivity contribution in [1.82, 2.24) is 20.0 Å². The van der Waals surface area contributed by atoms with Crippen LogP contribution in [0, 0.1) is 5.92 Å². The van der Waals surface area contributed by atoms with Crippen LogP contribution in [0.3, 0.4) is 0 Å². The van der Waals surface area contributed by atoms with Gasteiger partial charge in [-0.2, -0.15) is 0 Å². The Hall–Kier alpha value is -4.99. The second-order valence-electron chi connectivity index (χ2n) is 17.2. The molecule has 14 nitrogen and oxygen atoms in total. The molecule has 0 spiro atoms. The van der Waals surface area contributed by atoms with Gasteiger partial charge < -0.3 is 24.2 Å². The van der Waals surface area contributed by atoms with E-state index in [-0.39, 0.29) is 23.3 Å². The third kappa shape index (κ3) is 9.43. The number of anilines is 2. The van der Waals surface area contributed by atoms with Gasteiger partial charge in [-0.15, -0.1) is 0 Å². The van der Waals surface area contributed by atoms with Crippen molar-refractivity contribution in [2.45, 2.75) is 63.5 Å². The first-order valence-electron chi connectivity index (χ1n) is 21.8. The van der Waals surface area contributed by atoms with E-state index in [0.29, 0.717) is 54.0 Å². The van der Waals surface area contributed by atoms with Crippen molar-refractivity contribution in [3.8, 4) is 11.5 Å². The molecule has 326 valence electrons. The van der Waals surface area contributed by atoms with Crippen molar-refractivity contribution in [3.05, 3.63) is 82.9 Å². The summed E-state index contributed by atoms with van der Waals surface area (Å²) in [5, 5.41) is 2.46. The average Bonchev–Trinajstić information content (AvgIpc) is 3.51. The van der Waals surface area contributed by atoms with E-state index in [1.165, 1.54) is 12.8 Å². The summed E-state index contributed by atoms with van der Waals surface area (Å²) in [5.41, 5.74) is 4.09. The first-order chi connectivity index (χ1) is 29.4. The SMILES string of the molecule is CCOc1cc([C@@H](CS(C)(=O)=O)N2C(=O)c3ccc(N4CCN(C5CCN(CC6CCN(c7ccc(C8CCC(=O)NC8=O)cc7)CC6)CC5)CC4)cc3C2=O)ccc1OC. The van der Waals surface area contributed by atoms with Crippen LogP contribution in [0.25, 0.3) is 0 Å². The van der Waals surface area contributed by atoms with Gasteiger partial charge in [-0.25, -0.2) is 8.42 Å². The molecule has 0 saturated carbocycles. The average molecular weight is 855 g/mol. The van der Waals surface area contributed by atoms with Gasteiger partial charge in [0.15, 0.2) is 11.5 Å². The van der Waals surface area contributed by atoms with E-state index in [4.69, 9.17) is 9.47 Å². The zero-order chi connectivity index (χ0) is 42.8.